The van der Waals surface area contributed by atoms with Crippen LogP contribution in [0.3, 0.4) is 0 Å². The Morgan fingerprint density at radius 2 is 2.47 bits per heavy atom. The molecule has 1 aliphatic rings. The fourth-order valence-corrected chi connectivity index (χ4v) is 2.01. The topological polar surface area (TPSA) is 98.3 Å². The van der Waals surface area contributed by atoms with Gasteiger partial charge in [-0.2, -0.15) is 0 Å². The summed E-state index contributed by atoms with van der Waals surface area (Å²) < 4.78 is 0. The summed E-state index contributed by atoms with van der Waals surface area (Å²) in [6.07, 6.45) is 7.21. The zero-order valence-electron chi connectivity index (χ0n) is 10.2. The van der Waals surface area contributed by atoms with Gasteiger partial charge < -0.3 is 20.3 Å². The second kappa shape index (κ2) is 5.44. The Balaban J connectivity index is 2.11. The van der Waals surface area contributed by atoms with Crippen molar-refractivity contribution < 1.29 is 14.7 Å². The molecular weight excluding hydrogens is 248 g/mol. The van der Waals surface area contributed by atoms with Crippen LogP contribution in [0.25, 0.3) is 0 Å². The van der Waals surface area contributed by atoms with Crippen LogP contribution >= 0.6 is 0 Å². The molecule has 0 saturated carbocycles. The van der Waals surface area contributed by atoms with Gasteiger partial charge >= 0.3 is 12.0 Å². The molecule has 7 heteroatoms. The van der Waals surface area contributed by atoms with Crippen LogP contribution in [0.2, 0.25) is 0 Å². The van der Waals surface area contributed by atoms with Crippen molar-refractivity contribution in [3.8, 4) is 12.3 Å². The number of hydrogen-bond donors (Lipinski definition) is 3. The number of carbonyl (C=O) groups excluding carboxylic acids is 1. The molecule has 2 rings (SSSR count). The molecule has 1 unspecified atom stereocenters. The molecule has 1 atom stereocenters. The summed E-state index contributed by atoms with van der Waals surface area (Å²) in [5.74, 6) is 1.36. The smallest absolute Gasteiger partial charge is 0.326 e. The molecule has 0 fully saturated rings. The third kappa shape index (κ3) is 2.68. The van der Waals surface area contributed by atoms with E-state index in [4.69, 9.17) is 6.42 Å². The van der Waals surface area contributed by atoms with Gasteiger partial charge in [-0.15, -0.1) is 12.3 Å². The Morgan fingerprint density at radius 1 is 1.68 bits per heavy atom. The molecule has 0 spiro atoms. The molecule has 2 heterocycles. The largest absolute Gasteiger partial charge is 0.480 e. The number of H-pyrrole nitrogens is 1. The summed E-state index contributed by atoms with van der Waals surface area (Å²) in [6, 6.07) is -1.33. The number of imidazole rings is 1. The maximum Gasteiger partial charge on any atom is 0.326 e. The molecule has 1 aromatic rings. The minimum absolute atomic E-state index is 0.203. The van der Waals surface area contributed by atoms with Crippen LogP contribution in [0, 0.1) is 12.3 Å². The molecule has 7 nitrogen and oxygen atoms in total. The zero-order valence-corrected chi connectivity index (χ0v) is 10.2. The van der Waals surface area contributed by atoms with Crippen molar-refractivity contribution >= 4 is 12.0 Å². The van der Waals surface area contributed by atoms with Gasteiger partial charge in [0.05, 0.1) is 24.3 Å². The highest BCUT2D eigenvalue weighted by Gasteiger charge is 2.35. The number of aromatic nitrogens is 2. The number of urea groups is 1. The second-order valence-electron chi connectivity index (χ2n) is 4.20. The van der Waals surface area contributed by atoms with Crippen LogP contribution in [0.5, 0.6) is 0 Å². The van der Waals surface area contributed by atoms with Gasteiger partial charge in [0.2, 0.25) is 0 Å². The highest BCUT2D eigenvalue weighted by molar-refractivity contribution is 5.83. The normalized spacial score (nSPS) is 17.4. The van der Waals surface area contributed by atoms with Gasteiger partial charge in [0, 0.05) is 19.4 Å². The van der Waals surface area contributed by atoms with Crippen molar-refractivity contribution in [2.24, 2.45) is 0 Å². The quantitative estimate of drug-likeness (QED) is 0.525. The van der Waals surface area contributed by atoms with Gasteiger partial charge in [0.25, 0.3) is 0 Å². The second-order valence-corrected chi connectivity index (χ2v) is 4.20. The van der Waals surface area contributed by atoms with E-state index in [9.17, 15) is 14.7 Å². The Morgan fingerprint density at radius 3 is 3.16 bits per heavy atom. The van der Waals surface area contributed by atoms with Gasteiger partial charge in [-0.05, 0) is 0 Å². The third-order valence-corrected chi connectivity index (χ3v) is 2.99. The van der Waals surface area contributed by atoms with Crippen LogP contribution in [-0.2, 0) is 17.8 Å². The van der Waals surface area contributed by atoms with Gasteiger partial charge in [-0.3, -0.25) is 0 Å². The number of carboxylic acid groups (broad SMARTS) is 1. The van der Waals surface area contributed by atoms with Crippen LogP contribution in [0.4, 0.5) is 4.79 Å². The lowest BCUT2D eigenvalue weighted by atomic mass is 10.0. The molecule has 100 valence electrons. The van der Waals surface area contributed by atoms with E-state index >= 15 is 0 Å². The van der Waals surface area contributed by atoms with Crippen molar-refractivity contribution in [1.29, 1.82) is 0 Å². The average molecular weight is 262 g/mol. The highest BCUT2D eigenvalue weighted by Crippen LogP contribution is 2.20. The molecular formula is C12H14N4O3. The van der Waals surface area contributed by atoms with Crippen molar-refractivity contribution in [3.63, 3.8) is 0 Å². The number of hydrogen-bond acceptors (Lipinski definition) is 3. The molecule has 0 aliphatic carbocycles. The summed E-state index contributed by atoms with van der Waals surface area (Å²) in [7, 11) is 0. The minimum atomic E-state index is -1.04. The maximum atomic E-state index is 12.0. The number of nitrogens with one attached hydrogen (secondary N) is 2. The van der Waals surface area contributed by atoms with Crippen molar-refractivity contribution in [2.45, 2.75) is 25.4 Å². The summed E-state index contributed by atoms with van der Waals surface area (Å²) in [5, 5.41) is 11.8. The number of carboxylic acids is 1. The first-order chi connectivity index (χ1) is 9.13. The predicted octanol–water partition coefficient (Wildman–Crippen LogP) is -0.0461. The molecule has 3 N–H and O–H groups in total. The number of terminal acetylenes is 1. The molecule has 19 heavy (non-hydrogen) atoms. The molecule has 0 radical (unpaired) electrons. The SMILES string of the molecule is C#CCCNC(=O)N1Cc2[nH]cnc2CC1C(=O)O. The van der Waals surface area contributed by atoms with Gasteiger partial charge in [-0.25, -0.2) is 14.6 Å². The molecule has 0 aromatic carbocycles. The number of aliphatic carboxylic acids is 1. The lowest BCUT2D eigenvalue weighted by Crippen LogP contribution is -2.52. The standard InChI is InChI=1S/C12H14N4O3/c1-2-3-4-13-12(19)16-6-9-8(14-7-15-9)5-10(16)11(17)18/h1,7,10H,3-6H2,(H,13,19)(H,14,15)(H,17,18). The predicted molar refractivity (Wildman–Crippen MR) is 66.1 cm³/mol. The number of carbonyl (C=O) groups is 2. The summed E-state index contributed by atoms with van der Waals surface area (Å²) >= 11 is 0. The van der Waals surface area contributed by atoms with Gasteiger partial charge in [0.15, 0.2) is 0 Å². The number of aromatic amines is 1. The number of fused-ring (bicyclic) bond motifs is 1. The van der Waals surface area contributed by atoms with E-state index in [0.29, 0.717) is 18.7 Å². The molecule has 0 saturated heterocycles. The first-order valence-corrected chi connectivity index (χ1v) is 5.85. The minimum Gasteiger partial charge on any atom is -0.480 e. The average Bonchev–Trinajstić information content (AvgIpc) is 2.84. The Bertz CT molecular complexity index is 531. The van der Waals surface area contributed by atoms with Crippen LogP contribution in [0.1, 0.15) is 17.8 Å². The van der Waals surface area contributed by atoms with E-state index in [0.717, 1.165) is 5.69 Å². The van der Waals surface area contributed by atoms with Crippen LogP contribution in [0.15, 0.2) is 6.33 Å². The van der Waals surface area contributed by atoms with Crippen LogP contribution in [-0.4, -0.2) is 44.6 Å². The molecule has 0 bridgehead atoms. The molecule has 1 aliphatic heterocycles. The zero-order chi connectivity index (χ0) is 13.8. The molecule has 2 amide bonds. The molecule has 1 aromatic heterocycles. The van der Waals surface area contributed by atoms with Crippen molar-refractivity contribution in [3.05, 3.63) is 17.7 Å². The first-order valence-electron chi connectivity index (χ1n) is 5.85. The first kappa shape index (κ1) is 13.0. The fraction of sp³-hybridized carbons (Fsp3) is 0.417. The Hall–Kier alpha value is -2.49. The lowest BCUT2D eigenvalue weighted by molar-refractivity contribution is -0.142. The fourth-order valence-electron chi connectivity index (χ4n) is 2.01. The van der Waals surface area contributed by atoms with E-state index in [1.54, 1.807) is 0 Å². The third-order valence-electron chi connectivity index (χ3n) is 2.99. The Labute approximate surface area is 110 Å². The summed E-state index contributed by atoms with van der Waals surface area (Å²) in [6.45, 7) is 0.530. The summed E-state index contributed by atoms with van der Waals surface area (Å²) in [5.41, 5.74) is 1.46. The van der Waals surface area contributed by atoms with Gasteiger partial charge in [0.1, 0.15) is 6.04 Å². The number of rotatable bonds is 3. The maximum absolute atomic E-state index is 12.0. The Kier molecular flexibility index (Phi) is 3.71. The lowest BCUT2D eigenvalue weighted by Gasteiger charge is -2.32. The number of amides is 2. The van der Waals surface area contributed by atoms with E-state index in [1.165, 1.54) is 11.2 Å². The van der Waals surface area contributed by atoms with E-state index < -0.39 is 18.0 Å². The summed E-state index contributed by atoms with van der Waals surface area (Å²) in [4.78, 5) is 31.5. The van der Waals surface area contributed by atoms with Crippen molar-refractivity contribution in [1.82, 2.24) is 20.2 Å². The number of nitrogens with zero attached hydrogens (tertiary/aromatic N) is 2. The monoisotopic (exact) mass is 262 g/mol. The van der Waals surface area contributed by atoms with Gasteiger partial charge in [-0.1, -0.05) is 0 Å². The van der Waals surface area contributed by atoms with Crippen molar-refractivity contribution in [2.75, 3.05) is 6.54 Å². The van der Waals surface area contributed by atoms with Crippen LogP contribution < -0.4 is 5.32 Å². The van der Waals surface area contributed by atoms with E-state index in [1.807, 2.05) is 0 Å². The van der Waals surface area contributed by atoms with E-state index in [-0.39, 0.29) is 13.0 Å². The highest BCUT2D eigenvalue weighted by atomic mass is 16.4. The van der Waals surface area contributed by atoms with E-state index in [2.05, 4.69) is 21.2 Å².